The van der Waals surface area contributed by atoms with Crippen LogP contribution in [-0.4, -0.2) is 35.3 Å². The average Bonchev–Trinajstić information content (AvgIpc) is 2.56. The van der Waals surface area contributed by atoms with E-state index in [0.29, 0.717) is 0 Å². The molecule has 1 fully saturated rings. The van der Waals surface area contributed by atoms with E-state index in [1.807, 2.05) is 12.1 Å². The summed E-state index contributed by atoms with van der Waals surface area (Å²) in [5, 5.41) is 11.3. The molecule has 6 heteroatoms. The Morgan fingerprint density at radius 2 is 1.91 bits per heavy atom. The van der Waals surface area contributed by atoms with Crippen molar-refractivity contribution < 1.29 is 14.3 Å². The second kappa shape index (κ2) is 6.64. The maximum atomic E-state index is 13.1. The molecular weight excluding hydrogens is 297 g/mol. The number of piperidine rings is 1. The largest absolute Gasteiger partial charge is 0.465 e. The Bertz CT molecular complexity index is 682. The molecule has 0 radical (unpaired) electrons. The van der Waals surface area contributed by atoms with Gasteiger partial charge in [-0.15, -0.1) is 0 Å². The first kappa shape index (κ1) is 15.3. The summed E-state index contributed by atoms with van der Waals surface area (Å²) >= 11 is 0. The van der Waals surface area contributed by atoms with Crippen LogP contribution in [0.5, 0.6) is 0 Å². The fraction of sp³-hybridized carbons (Fsp3) is 0.294. The standard InChI is InChI=1S/C17H18FN3O2/c18-13-5-3-12(4-6-13)15-2-1-9-19-16(15)21-10-7-14(8-11-21)20-17(22)23/h1-6,9,14,20H,7-8,10-11H2,(H,22,23). The number of hydrogen-bond acceptors (Lipinski definition) is 3. The zero-order valence-electron chi connectivity index (χ0n) is 12.6. The van der Waals surface area contributed by atoms with Gasteiger partial charge in [0.2, 0.25) is 0 Å². The molecule has 1 aromatic heterocycles. The number of nitrogens with one attached hydrogen (secondary N) is 1. The van der Waals surface area contributed by atoms with Gasteiger partial charge in [-0.3, -0.25) is 0 Å². The number of amides is 1. The van der Waals surface area contributed by atoms with Crippen LogP contribution in [0.15, 0.2) is 42.6 Å². The lowest BCUT2D eigenvalue weighted by atomic mass is 10.0. The highest BCUT2D eigenvalue weighted by atomic mass is 19.1. The molecule has 5 nitrogen and oxygen atoms in total. The van der Waals surface area contributed by atoms with Crippen molar-refractivity contribution in [3.05, 3.63) is 48.4 Å². The molecule has 0 aliphatic carbocycles. The molecule has 0 atom stereocenters. The minimum absolute atomic E-state index is 0.0123. The molecule has 0 spiro atoms. The lowest BCUT2D eigenvalue weighted by molar-refractivity contribution is 0.187. The SMILES string of the molecule is O=C(O)NC1CCN(c2ncccc2-c2ccc(F)cc2)CC1. The smallest absolute Gasteiger partial charge is 0.404 e. The Kier molecular flexibility index (Phi) is 4.41. The third-order valence-corrected chi connectivity index (χ3v) is 4.06. The third kappa shape index (κ3) is 3.59. The van der Waals surface area contributed by atoms with E-state index in [1.54, 1.807) is 18.3 Å². The van der Waals surface area contributed by atoms with E-state index in [1.165, 1.54) is 12.1 Å². The summed E-state index contributed by atoms with van der Waals surface area (Å²) in [5.41, 5.74) is 1.87. The lowest BCUT2D eigenvalue weighted by Crippen LogP contribution is -2.44. The molecule has 1 aliphatic rings. The number of nitrogens with zero attached hydrogens (tertiary/aromatic N) is 2. The molecule has 0 unspecified atom stereocenters. The Hall–Kier alpha value is -2.63. The highest BCUT2D eigenvalue weighted by molar-refractivity contribution is 5.75. The Labute approximate surface area is 133 Å². The van der Waals surface area contributed by atoms with Gasteiger partial charge in [0.15, 0.2) is 0 Å². The van der Waals surface area contributed by atoms with Crippen molar-refractivity contribution in [1.82, 2.24) is 10.3 Å². The van der Waals surface area contributed by atoms with E-state index >= 15 is 0 Å². The summed E-state index contributed by atoms with van der Waals surface area (Å²) in [6.45, 7) is 1.46. The first-order valence-corrected chi connectivity index (χ1v) is 7.59. The van der Waals surface area contributed by atoms with Gasteiger partial charge in [0.25, 0.3) is 0 Å². The molecule has 2 aromatic rings. The first-order chi connectivity index (χ1) is 11.1. The maximum Gasteiger partial charge on any atom is 0.404 e. The van der Waals surface area contributed by atoms with Crippen LogP contribution in [0, 0.1) is 5.82 Å². The number of carboxylic acid groups (broad SMARTS) is 1. The van der Waals surface area contributed by atoms with Gasteiger partial charge in [-0.1, -0.05) is 12.1 Å². The van der Waals surface area contributed by atoms with Crippen molar-refractivity contribution in [2.24, 2.45) is 0 Å². The zero-order valence-corrected chi connectivity index (χ0v) is 12.6. The molecule has 1 aromatic carbocycles. The van der Waals surface area contributed by atoms with Crippen molar-refractivity contribution in [2.75, 3.05) is 18.0 Å². The number of carbonyl (C=O) groups is 1. The molecule has 0 saturated carbocycles. The number of aromatic nitrogens is 1. The van der Waals surface area contributed by atoms with E-state index in [9.17, 15) is 9.18 Å². The molecule has 1 aliphatic heterocycles. The van der Waals surface area contributed by atoms with Crippen LogP contribution in [0.2, 0.25) is 0 Å². The highest BCUT2D eigenvalue weighted by Crippen LogP contribution is 2.30. The van der Waals surface area contributed by atoms with Gasteiger partial charge in [-0.2, -0.15) is 0 Å². The van der Waals surface area contributed by atoms with E-state index in [0.717, 1.165) is 42.9 Å². The number of anilines is 1. The topological polar surface area (TPSA) is 65.5 Å². The molecule has 2 heterocycles. The zero-order chi connectivity index (χ0) is 16.2. The number of rotatable bonds is 3. The van der Waals surface area contributed by atoms with Crippen molar-refractivity contribution >= 4 is 11.9 Å². The van der Waals surface area contributed by atoms with E-state index < -0.39 is 6.09 Å². The quantitative estimate of drug-likeness (QED) is 0.913. The third-order valence-electron chi connectivity index (χ3n) is 4.06. The van der Waals surface area contributed by atoms with Gasteiger partial charge < -0.3 is 15.3 Å². The molecule has 1 amide bonds. The van der Waals surface area contributed by atoms with Gasteiger partial charge in [0.1, 0.15) is 11.6 Å². The predicted octanol–water partition coefficient (Wildman–Crippen LogP) is 3.12. The van der Waals surface area contributed by atoms with Gasteiger partial charge >= 0.3 is 6.09 Å². The summed E-state index contributed by atoms with van der Waals surface area (Å²) < 4.78 is 13.1. The molecule has 0 bridgehead atoms. The van der Waals surface area contributed by atoms with Crippen molar-refractivity contribution in [3.8, 4) is 11.1 Å². The fourth-order valence-corrected chi connectivity index (χ4v) is 2.91. The summed E-state index contributed by atoms with van der Waals surface area (Å²) in [6, 6.07) is 10.2. The Morgan fingerprint density at radius 1 is 1.22 bits per heavy atom. The number of benzene rings is 1. The molecule has 3 rings (SSSR count). The second-order valence-electron chi connectivity index (χ2n) is 5.59. The summed E-state index contributed by atoms with van der Waals surface area (Å²) in [4.78, 5) is 17.4. The van der Waals surface area contributed by atoms with Gasteiger partial charge in [-0.25, -0.2) is 14.2 Å². The van der Waals surface area contributed by atoms with Gasteiger partial charge in [-0.05, 0) is 42.7 Å². The average molecular weight is 315 g/mol. The molecule has 23 heavy (non-hydrogen) atoms. The van der Waals surface area contributed by atoms with Crippen molar-refractivity contribution in [3.63, 3.8) is 0 Å². The van der Waals surface area contributed by atoms with Crippen molar-refractivity contribution in [1.29, 1.82) is 0 Å². The Balaban J connectivity index is 1.79. The van der Waals surface area contributed by atoms with Crippen LogP contribution in [0.25, 0.3) is 11.1 Å². The normalized spacial score (nSPS) is 15.4. The minimum atomic E-state index is -0.978. The van der Waals surface area contributed by atoms with E-state index in [4.69, 9.17) is 5.11 Å². The Morgan fingerprint density at radius 3 is 2.57 bits per heavy atom. The minimum Gasteiger partial charge on any atom is -0.465 e. The predicted molar refractivity (Wildman–Crippen MR) is 86.0 cm³/mol. The van der Waals surface area contributed by atoms with Crippen molar-refractivity contribution in [2.45, 2.75) is 18.9 Å². The van der Waals surface area contributed by atoms with Crippen LogP contribution in [0.3, 0.4) is 0 Å². The maximum absolute atomic E-state index is 13.1. The van der Waals surface area contributed by atoms with Crippen LogP contribution in [0.4, 0.5) is 15.0 Å². The lowest BCUT2D eigenvalue weighted by Gasteiger charge is -2.33. The highest BCUT2D eigenvalue weighted by Gasteiger charge is 2.23. The van der Waals surface area contributed by atoms with Crippen LogP contribution in [0.1, 0.15) is 12.8 Å². The summed E-state index contributed by atoms with van der Waals surface area (Å²) in [5.74, 6) is 0.590. The number of halogens is 1. The first-order valence-electron chi connectivity index (χ1n) is 7.59. The summed E-state index contributed by atoms with van der Waals surface area (Å²) in [6.07, 6.45) is 2.25. The molecule has 120 valence electrons. The van der Waals surface area contributed by atoms with Gasteiger partial charge in [0, 0.05) is 30.9 Å². The molecular formula is C17H18FN3O2. The molecule has 2 N–H and O–H groups in total. The van der Waals surface area contributed by atoms with Gasteiger partial charge in [0.05, 0.1) is 0 Å². The van der Waals surface area contributed by atoms with Crippen LogP contribution in [-0.2, 0) is 0 Å². The number of hydrogen-bond donors (Lipinski definition) is 2. The molecule has 1 saturated heterocycles. The summed E-state index contributed by atoms with van der Waals surface area (Å²) in [7, 11) is 0. The number of pyridine rings is 1. The van der Waals surface area contributed by atoms with Crippen LogP contribution >= 0.6 is 0 Å². The van der Waals surface area contributed by atoms with Crippen LogP contribution < -0.4 is 10.2 Å². The van der Waals surface area contributed by atoms with E-state index in [-0.39, 0.29) is 11.9 Å². The fourth-order valence-electron chi connectivity index (χ4n) is 2.91. The van der Waals surface area contributed by atoms with E-state index in [2.05, 4.69) is 15.2 Å². The monoisotopic (exact) mass is 315 g/mol. The second-order valence-corrected chi connectivity index (χ2v) is 5.59.